The van der Waals surface area contributed by atoms with Crippen LogP contribution in [0.1, 0.15) is 0 Å². The van der Waals surface area contributed by atoms with E-state index >= 15 is 0 Å². The Morgan fingerprint density at radius 3 is 1.34 bits per heavy atom. The fraction of sp³-hybridized carbons (Fsp3) is 0. The number of hydrogen-bond donors (Lipinski definition) is 0. The molecule has 2 heteroatoms. The first-order valence-electron chi connectivity index (χ1n) is 23.3. The van der Waals surface area contributed by atoms with Crippen molar-refractivity contribution in [2.75, 3.05) is 4.90 Å². The van der Waals surface area contributed by atoms with Crippen LogP contribution in [0.5, 0.6) is 0 Å². The molecule has 0 unspecified atom stereocenters. The van der Waals surface area contributed by atoms with Crippen LogP contribution >= 0.6 is 11.3 Å². The number of hydrogen-bond acceptors (Lipinski definition) is 2. The molecule has 13 aromatic rings. The van der Waals surface area contributed by atoms with E-state index in [1.165, 1.54) is 108 Å². The zero-order valence-electron chi connectivity index (χ0n) is 37.2. The normalized spacial score (nSPS) is 11.5. The second-order valence-corrected chi connectivity index (χ2v) is 18.6. The Hall–Kier alpha value is -8.56. The van der Waals surface area contributed by atoms with E-state index < -0.39 is 0 Å². The molecule has 0 N–H and O–H groups in total. The minimum absolute atomic E-state index is 1.09. The van der Waals surface area contributed by atoms with E-state index in [9.17, 15) is 0 Å². The molecule has 0 aliphatic carbocycles. The highest BCUT2D eigenvalue weighted by molar-refractivity contribution is 7.24. The van der Waals surface area contributed by atoms with E-state index in [0.29, 0.717) is 0 Å². The quantitative estimate of drug-likeness (QED) is 0.137. The van der Waals surface area contributed by atoms with Gasteiger partial charge in [-0.15, -0.1) is 11.3 Å². The van der Waals surface area contributed by atoms with Crippen molar-refractivity contribution in [2.24, 2.45) is 0 Å². The molecule has 0 saturated carbocycles. The van der Waals surface area contributed by atoms with Crippen LogP contribution in [0.2, 0.25) is 0 Å². The third kappa shape index (κ3) is 6.85. The lowest BCUT2D eigenvalue weighted by molar-refractivity contribution is 1.28. The first-order valence-corrected chi connectivity index (χ1v) is 24.1. The lowest BCUT2D eigenvalue weighted by atomic mass is 9.91. The summed E-state index contributed by atoms with van der Waals surface area (Å²) in [6.45, 7) is 0. The Balaban J connectivity index is 0.968. The summed E-state index contributed by atoms with van der Waals surface area (Å²) in [6.07, 6.45) is 0. The molecule has 68 heavy (non-hydrogen) atoms. The van der Waals surface area contributed by atoms with Crippen molar-refractivity contribution in [1.29, 1.82) is 0 Å². The second-order valence-electron chi connectivity index (χ2n) is 17.6. The van der Waals surface area contributed by atoms with E-state index in [0.717, 1.165) is 17.1 Å². The standard InChI is InChI=1S/C66H43NS/c1-3-18-48(19-4-1)63-64-61-29-12-11-28-59(61)60-41-36-51(43-62(60)66(64)68-65(63)49-20-5-2-6-21-49)50-24-13-25-54(42-50)67(52-37-32-46(33-38-52)57-30-14-22-44-16-7-9-26-55(44)57)53-39-34-47(35-40-53)58-31-15-23-45-17-8-10-27-56(45)58/h1-43H. The lowest BCUT2D eigenvalue weighted by Crippen LogP contribution is -2.10. The van der Waals surface area contributed by atoms with Gasteiger partial charge in [-0.3, -0.25) is 0 Å². The van der Waals surface area contributed by atoms with E-state index in [-0.39, 0.29) is 0 Å². The molecule has 1 aromatic heterocycles. The van der Waals surface area contributed by atoms with Crippen LogP contribution in [0.15, 0.2) is 261 Å². The molecule has 13 rings (SSSR count). The topological polar surface area (TPSA) is 3.24 Å². The third-order valence-electron chi connectivity index (χ3n) is 13.6. The fourth-order valence-corrected chi connectivity index (χ4v) is 11.8. The Kier molecular flexibility index (Phi) is 9.77. The summed E-state index contributed by atoms with van der Waals surface area (Å²) >= 11 is 1.91. The van der Waals surface area contributed by atoms with Crippen molar-refractivity contribution in [2.45, 2.75) is 0 Å². The largest absolute Gasteiger partial charge is 0.310 e. The van der Waals surface area contributed by atoms with Gasteiger partial charge >= 0.3 is 0 Å². The Morgan fingerprint density at radius 1 is 0.265 bits per heavy atom. The van der Waals surface area contributed by atoms with Crippen molar-refractivity contribution < 1.29 is 0 Å². The molecule has 12 aromatic carbocycles. The van der Waals surface area contributed by atoms with E-state index in [1.807, 2.05) is 11.3 Å². The summed E-state index contributed by atoms with van der Waals surface area (Å²) < 4.78 is 1.31. The van der Waals surface area contributed by atoms with Crippen LogP contribution in [-0.4, -0.2) is 0 Å². The third-order valence-corrected chi connectivity index (χ3v) is 14.9. The Morgan fingerprint density at radius 2 is 0.721 bits per heavy atom. The number of anilines is 3. The summed E-state index contributed by atoms with van der Waals surface area (Å²) in [5, 5.41) is 11.4. The first kappa shape index (κ1) is 39.8. The number of thiophene rings is 1. The van der Waals surface area contributed by atoms with Crippen molar-refractivity contribution in [3.05, 3.63) is 261 Å². The van der Waals surface area contributed by atoms with Crippen LogP contribution in [0.4, 0.5) is 17.1 Å². The smallest absolute Gasteiger partial charge is 0.0467 e. The van der Waals surface area contributed by atoms with Gasteiger partial charge in [0.25, 0.3) is 0 Å². The molecule has 0 bridgehead atoms. The van der Waals surface area contributed by atoms with Crippen LogP contribution in [-0.2, 0) is 0 Å². The molecule has 1 heterocycles. The van der Waals surface area contributed by atoms with Gasteiger partial charge in [0, 0.05) is 43.0 Å². The van der Waals surface area contributed by atoms with Gasteiger partial charge < -0.3 is 4.90 Å². The van der Waals surface area contributed by atoms with Crippen molar-refractivity contribution in [3.8, 4) is 54.9 Å². The maximum Gasteiger partial charge on any atom is 0.0467 e. The number of fused-ring (bicyclic) bond motifs is 8. The van der Waals surface area contributed by atoms with Gasteiger partial charge in [0.1, 0.15) is 0 Å². The number of benzene rings is 12. The molecule has 1 nitrogen and oxygen atoms in total. The maximum atomic E-state index is 2.44. The molecule has 0 spiro atoms. The molecular weight excluding hydrogens is 839 g/mol. The first-order chi connectivity index (χ1) is 33.7. The fourth-order valence-electron chi connectivity index (χ4n) is 10.4. The summed E-state index contributed by atoms with van der Waals surface area (Å²) in [6, 6.07) is 95.6. The van der Waals surface area contributed by atoms with E-state index in [1.54, 1.807) is 0 Å². The van der Waals surface area contributed by atoms with Gasteiger partial charge in [0.05, 0.1) is 0 Å². The Labute approximate surface area is 400 Å². The molecule has 318 valence electrons. The van der Waals surface area contributed by atoms with Crippen molar-refractivity contribution in [3.63, 3.8) is 0 Å². The molecular formula is C66H43NS. The molecule has 0 aliphatic heterocycles. The van der Waals surface area contributed by atoms with Gasteiger partial charge in [-0.1, -0.05) is 218 Å². The highest BCUT2D eigenvalue weighted by Crippen LogP contribution is 2.51. The number of nitrogens with zero attached hydrogens (tertiary/aromatic N) is 1. The maximum absolute atomic E-state index is 2.44. The molecule has 0 saturated heterocycles. The Bertz CT molecular complexity index is 3870. The summed E-state index contributed by atoms with van der Waals surface area (Å²) in [4.78, 5) is 3.69. The minimum atomic E-state index is 1.09. The van der Waals surface area contributed by atoms with Crippen molar-refractivity contribution >= 4 is 81.6 Å². The summed E-state index contributed by atoms with van der Waals surface area (Å²) in [5.41, 5.74) is 14.3. The second kappa shape index (κ2) is 16.7. The van der Waals surface area contributed by atoms with Gasteiger partial charge in [-0.2, -0.15) is 0 Å². The minimum Gasteiger partial charge on any atom is -0.310 e. The average Bonchev–Trinajstić information content (AvgIpc) is 3.83. The molecule has 0 aliphatic rings. The van der Waals surface area contributed by atoms with Gasteiger partial charge in [-0.05, 0) is 125 Å². The number of rotatable bonds is 8. The monoisotopic (exact) mass is 881 g/mol. The van der Waals surface area contributed by atoms with Crippen LogP contribution in [0, 0.1) is 0 Å². The summed E-state index contributed by atoms with van der Waals surface area (Å²) in [7, 11) is 0. The van der Waals surface area contributed by atoms with Crippen molar-refractivity contribution in [1.82, 2.24) is 0 Å². The zero-order chi connectivity index (χ0) is 45.0. The van der Waals surface area contributed by atoms with Gasteiger partial charge in [-0.25, -0.2) is 0 Å². The van der Waals surface area contributed by atoms with Gasteiger partial charge in [0.15, 0.2) is 0 Å². The van der Waals surface area contributed by atoms with E-state index in [2.05, 4.69) is 266 Å². The molecule has 0 amide bonds. The highest BCUT2D eigenvalue weighted by Gasteiger charge is 2.22. The molecule has 0 atom stereocenters. The van der Waals surface area contributed by atoms with Crippen LogP contribution in [0.3, 0.4) is 0 Å². The SMILES string of the molecule is c1ccc(-c2sc3c4cc(-c5cccc(N(c6ccc(-c7cccc8ccccc78)cc6)c6ccc(-c7cccc8ccccc78)cc6)c5)ccc4c4ccccc4c3c2-c2ccccc2)cc1. The average molecular weight is 882 g/mol. The highest BCUT2D eigenvalue weighted by atomic mass is 32.1. The molecule has 0 fully saturated rings. The van der Waals surface area contributed by atoms with E-state index in [4.69, 9.17) is 0 Å². The predicted molar refractivity (Wildman–Crippen MR) is 294 cm³/mol. The zero-order valence-corrected chi connectivity index (χ0v) is 38.0. The lowest BCUT2D eigenvalue weighted by Gasteiger charge is -2.26. The van der Waals surface area contributed by atoms with Crippen LogP contribution < -0.4 is 4.90 Å². The summed E-state index contributed by atoms with van der Waals surface area (Å²) in [5.74, 6) is 0. The van der Waals surface area contributed by atoms with Gasteiger partial charge in [0.2, 0.25) is 0 Å². The predicted octanol–water partition coefficient (Wildman–Crippen LogP) is 19.3. The molecule has 0 radical (unpaired) electrons. The van der Waals surface area contributed by atoms with Crippen LogP contribution in [0.25, 0.3) is 108 Å².